The minimum atomic E-state index is -0.667. The highest BCUT2D eigenvalue weighted by Gasteiger charge is 2.36. The van der Waals surface area contributed by atoms with E-state index in [1.165, 1.54) is 10.6 Å². The molecule has 2 unspecified atom stereocenters. The zero-order chi connectivity index (χ0) is 22.5. The number of carbonyl (C=O) groups excluding carboxylic acids is 2. The summed E-state index contributed by atoms with van der Waals surface area (Å²) in [5, 5.41) is 1.29. The maximum Gasteiger partial charge on any atom is 0.429 e. The van der Waals surface area contributed by atoms with Crippen LogP contribution in [-0.2, 0) is 16.0 Å². The molecule has 30 heavy (non-hydrogen) atoms. The lowest BCUT2D eigenvalue weighted by molar-refractivity contribution is -0.0140. The van der Waals surface area contributed by atoms with Crippen LogP contribution >= 0.6 is 0 Å². The van der Waals surface area contributed by atoms with Crippen LogP contribution in [-0.4, -0.2) is 52.4 Å². The standard InChI is InChI=1S/C23H37N3O4/c1-17(19-13-14-25(16-19)15-18-11-9-8-10-12-18)26(21(28)30-23(5,6)7)24-20(27)29-22(2,3)4/h8-12,17,19H,13-16H2,1-7H3,(H,24,27). The van der Waals surface area contributed by atoms with Crippen molar-refractivity contribution in [2.45, 2.75) is 78.7 Å². The van der Waals surface area contributed by atoms with Crippen LogP contribution in [0, 0.1) is 5.92 Å². The van der Waals surface area contributed by atoms with Gasteiger partial charge in [-0.05, 0) is 72.9 Å². The summed E-state index contributed by atoms with van der Waals surface area (Å²) in [5.74, 6) is 0.205. The smallest absolute Gasteiger partial charge is 0.429 e. The molecule has 0 spiro atoms. The summed E-state index contributed by atoms with van der Waals surface area (Å²) in [6, 6.07) is 10.1. The molecule has 2 amide bonds. The molecule has 1 fully saturated rings. The molecule has 1 saturated heterocycles. The first-order valence-electron chi connectivity index (χ1n) is 10.6. The molecule has 0 saturated carbocycles. The Morgan fingerprint density at radius 2 is 1.70 bits per heavy atom. The van der Waals surface area contributed by atoms with E-state index in [-0.39, 0.29) is 12.0 Å². The summed E-state index contributed by atoms with van der Waals surface area (Å²) >= 11 is 0. The maximum atomic E-state index is 12.9. The number of rotatable bonds is 4. The number of nitrogens with zero attached hydrogens (tertiary/aromatic N) is 2. The molecule has 1 aliphatic rings. The molecular weight excluding hydrogens is 382 g/mol. The van der Waals surface area contributed by atoms with Crippen LogP contribution in [0.3, 0.4) is 0 Å². The van der Waals surface area contributed by atoms with Crippen molar-refractivity contribution in [2.24, 2.45) is 5.92 Å². The van der Waals surface area contributed by atoms with Crippen molar-refractivity contribution in [3.63, 3.8) is 0 Å². The molecule has 0 aliphatic carbocycles. The van der Waals surface area contributed by atoms with E-state index >= 15 is 0 Å². The molecule has 0 aromatic heterocycles. The van der Waals surface area contributed by atoms with Crippen LogP contribution in [0.15, 0.2) is 30.3 Å². The van der Waals surface area contributed by atoms with Crippen molar-refractivity contribution in [1.82, 2.24) is 15.3 Å². The maximum absolute atomic E-state index is 12.9. The van der Waals surface area contributed by atoms with Gasteiger partial charge in [-0.3, -0.25) is 4.90 Å². The van der Waals surface area contributed by atoms with Crippen molar-refractivity contribution in [2.75, 3.05) is 13.1 Å². The highest BCUT2D eigenvalue weighted by atomic mass is 16.6. The second kappa shape index (κ2) is 9.69. The van der Waals surface area contributed by atoms with Crippen molar-refractivity contribution in [1.29, 1.82) is 0 Å². The predicted octanol–water partition coefficient (Wildman–Crippen LogP) is 4.57. The molecule has 1 aromatic rings. The molecule has 0 bridgehead atoms. The summed E-state index contributed by atoms with van der Waals surface area (Å²) in [7, 11) is 0. The Balaban J connectivity index is 2.06. The van der Waals surface area contributed by atoms with Crippen LogP contribution in [0.4, 0.5) is 9.59 Å². The average molecular weight is 420 g/mol. The second-order valence-electron chi connectivity index (χ2n) is 9.97. The summed E-state index contributed by atoms with van der Waals surface area (Å²) in [4.78, 5) is 27.6. The van der Waals surface area contributed by atoms with Gasteiger partial charge in [0.05, 0.1) is 6.04 Å². The SMILES string of the molecule is CC(C1CCN(Cc2ccccc2)C1)N(NC(=O)OC(C)(C)C)C(=O)OC(C)(C)C. The average Bonchev–Trinajstić information content (AvgIpc) is 3.05. The van der Waals surface area contributed by atoms with E-state index in [1.807, 2.05) is 25.1 Å². The summed E-state index contributed by atoms with van der Waals surface area (Å²) < 4.78 is 10.9. The monoisotopic (exact) mass is 419 g/mol. The molecular formula is C23H37N3O4. The topological polar surface area (TPSA) is 71.1 Å². The number of amides is 2. The lowest BCUT2D eigenvalue weighted by atomic mass is 10.0. The predicted molar refractivity (Wildman–Crippen MR) is 117 cm³/mol. The second-order valence-corrected chi connectivity index (χ2v) is 9.97. The van der Waals surface area contributed by atoms with Crippen LogP contribution in [0.1, 0.15) is 60.5 Å². The summed E-state index contributed by atoms with van der Waals surface area (Å²) in [6.45, 7) is 15.4. The molecule has 1 N–H and O–H groups in total. The first-order valence-corrected chi connectivity index (χ1v) is 10.6. The van der Waals surface area contributed by atoms with Gasteiger partial charge in [-0.15, -0.1) is 0 Å². The summed E-state index contributed by atoms with van der Waals surface area (Å²) in [6.07, 6.45) is -0.315. The van der Waals surface area contributed by atoms with Crippen molar-refractivity contribution in [3.05, 3.63) is 35.9 Å². The highest BCUT2D eigenvalue weighted by molar-refractivity contribution is 5.74. The summed E-state index contributed by atoms with van der Waals surface area (Å²) in [5.41, 5.74) is 2.55. The van der Waals surface area contributed by atoms with Gasteiger partial charge in [-0.25, -0.2) is 20.0 Å². The normalized spacial score (nSPS) is 18.6. The number of hydrazine groups is 1. The van der Waals surface area contributed by atoms with E-state index in [0.29, 0.717) is 0 Å². The van der Waals surface area contributed by atoms with Gasteiger partial charge in [0.25, 0.3) is 0 Å². The number of carbonyl (C=O) groups is 2. The van der Waals surface area contributed by atoms with E-state index in [0.717, 1.165) is 26.1 Å². The Morgan fingerprint density at radius 3 is 2.27 bits per heavy atom. The van der Waals surface area contributed by atoms with Crippen molar-refractivity contribution >= 4 is 12.2 Å². The number of likely N-dealkylation sites (tertiary alicyclic amines) is 1. The third kappa shape index (κ3) is 7.86. The Bertz CT molecular complexity index is 709. The minimum absolute atomic E-state index is 0.205. The lowest BCUT2D eigenvalue weighted by Gasteiger charge is -2.35. The molecule has 7 heteroatoms. The van der Waals surface area contributed by atoms with Crippen molar-refractivity contribution in [3.8, 4) is 0 Å². The number of hydrogen-bond donors (Lipinski definition) is 1. The quantitative estimate of drug-likeness (QED) is 0.724. The van der Waals surface area contributed by atoms with Gasteiger partial charge in [0.1, 0.15) is 11.2 Å². The fourth-order valence-electron chi connectivity index (χ4n) is 3.48. The largest absolute Gasteiger partial charge is 0.443 e. The van der Waals surface area contributed by atoms with E-state index in [9.17, 15) is 9.59 Å². The zero-order valence-electron chi connectivity index (χ0n) is 19.4. The van der Waals surface area contributed by atoms with Gasteiger partial charge in [0.15, 0.2) is 0 Å². The first kappa shape index (κ1) is 24.0. The van der Waals surface area contributed by atoms with E-state index in [4.69, 9.17) is 9.47 Å². The van der Waals surface area contributed by atoms with Gasteiger partial charge < -0.3 is 9.47 Å². The zero-order valence-corrected chi connectivity index (χ0v) is 19.4. The molecule has 7 nitrogen and oxygen atoms in total. The van der Waals surface area contributed by atoms with Crippen LogP contribution in [0.2, 0.25) is 0 Å². The number of benzene rings is 1. The van der Waals surface area contributed by atoms with E-state index in [1.54, 1.807) is 41.5 Å². The van der Waals surface area contributed by atoms with Gasteiger partial charge in [0.2, 0.25) is 0 Å². The lowest BCUT2D eigenvalue weighted by Crippen LogP contribution is -2.55. The Morgan fingerprint density at radius 1 is 1.10 bits per heavy atom. The fraction of sp³-hybridized carbons (Fsp3) is 0.652. The van der Waals surface area contributed by atoms with Gasteiger partial charge in [-0.1, -0.05) is 30.3 Å². The van der Waals surface area contributed by atoms with Gasteiger partial charge in [-0.2, -0.15) is 0 Å². The Hall–Kier alpha value is -2.28. The molecule has 1 aliphatic heterocycles. The van der Waals surface area contributed by atoms with E-state index in [2.05, 4.69) is 22.5 Å². The molecule has 2 atom stereocenters. The van der Waals surface area contributed by atoms with E-state index < -0.39 is 23.4 Å². The molecule has 2 rings (SSSR count). The number of ether oxygens (including phenoxy) is 2. The van der Waals surface area contributed by atoms with Crippen LogP contribution in [0.5, 0.6) is 0 Å². The molecule has 0 radical (unpaired) electrons. The third-order valence-electron chi connectivity index (χ3n) is 4.85. The number of nitrogens with one attached hydrogen (secondary N) is 1. The van der Waals surface area contributed by atoms with Crippen molar-refractivity contribution < 1.29 is 19.1 Å². The Labute approximate surface area is 180 Å². The molecule has 168 valence electrons. The molecule has 1 aromatic carbocycles. The molecule has 1 heterocycles. The first-order chi connectivity index (χ1) is 13.8. The Kier molecular flexibility index (Phi) is 7.75. The fourth-order valence-corrected chi connectivity index (χ4v) is 3.48. The third-order valence-corrected chi connectivity index (χ3v) is 4.85. The minimum Gasteiger partial charge on any atom is -0.443 e. The van der Waals surface area contributed by atoms with Crippen LogP contribution in [0.25, 0.3) is 0 Å². The van der Waals surface area contributed by atoms with Gasteiger partial charge in [0, 0.05) is 13.1 Å². The van der Waals surface area contributed by atoms with Crippen LogP contribution < -0.4 is 5.43 Å². The van der Waals surface area contributed by atoms with Gasteiger partial charge >= 0.3 is 12.2 Å². The number of hydrogen-bond acceptors (Lipinski definition) is 5. The highest BCUT2D eigenvalue weighted by Crippen LogP contribution is 2.25.